The molecule has 0 aliphatic carbocycles. The van der Waals surface area contributed by atoms with Crippen molar-refractivity contribution >= 4 is 46.9 Å². The molecule has 33 heavy (non-hydrogen) atoms. The lowest BCUT2D eigenvalue weighted by Crippen LogP contribution is -2.54. The molecule has 1 N–H and O–H groups in total. The Balaban J connectivity index is 1.66. The summed E-state index contributed by atoms with van der Waals surface area (Å²) in [4.78, 5) is 38.1. The van der Waals surface area contributed by atoms with E-state index in [0.29, 0.717) is 11.3 Å². The maximum atomic E-state index is 14.3. The summed E-state index contributed by atoms with van der Waals surface area (Å²) >= 11 is 5.08. The quantitative estimate of drug-likeness (QED) is 0.272. The van der Waals surface area contributed by atoms with E-state index < -0.39 is 23.6 Å². The van der Waals surface area contributed by atoms with Gasteiger partial charge in [-0.2, -0.15) is 0 Å². The Morgan fingerprint density at radius 2 is 1.91 bits per heavy atom. The van der Waals surface area contributed by atoms with E-state index in [1.807, 2.05) is 6.92 Å². The molecule has 0 radical (unpaired) electrons. The first kappa shape index (κ1) is 22.1. The van der Waals surface area contributed by atoms with Crippen molar-refractivity contribution in [2.75, 3.05) is 12.0 Å². The largest absolute Gasteiger partial charge is 0.465 e. The van der Waals surface area contributed by atoms with E-state index >= 15 is 0 Å². The van der Waals surface area contributed by atoms with Crippen molar-refractivity contribution in [3.8, 4) is 11.3 Å². The molecule has 2 amide bonds. The van der Waals surface area contributed by atoms with Crippen LogP contribution in [0.5, 0.6) is 0 Å². The number of nitrogens with one attached hydrogen (secondary N) is 1. The number of furan rings is 1. The maximum Gasteiger partial charge on any atom is 0.337 e. The Labute approximate surface area is 193 Å². The molecule has 7 nitrogen and oxygen atoms in total. The third kappa shape index (κ3) is 4.18. The Morgan fingerprint density at radius 1 is 1.15 bits per heavy atom. The van der Waals surface area contributed by atoms with Gasteiger partial charge in [0.2, 0.25) is 0 Å². The van der Waals surface area contributed by atoms with Crippen LogP contribution in [0.2, 0.25) is 0 Å². The first-order valence-electron chi connectivity index (χ1n) is 9.75. The van der Waals surface area contributed by atoms with E-state index in [4.69, 9.17) is 21.4 Å². The minimum Gasteiger partial charge on any atom is -0.465 e. The lowest BCUT2D eigenvalue weighted by atomic mass is 10.0. The molecular weight excluding hydrogens is 447 g/mol. The Hall–Kier alpha value is -4.11. The Morgan fingerprint density at radius 3 is 2.61 bits per heavy atom. The van der Waals surface area contributed by atoms with E-state index in [1.54, 1.807) is 36.4 Å². The van der Waals surface area contributed by atoms with Gasteiger partial charge in [0.25, 0.3) is 11.8 Å². The van der Waals surface area contributed by atoms with Gasteiger partial charge in [-0.15, -0.1) is 0 Å². The second-order valence-corrected chi connectivity index (χ2v) is 7.52. The Kier molecular flexibility index (Phi) is 5.89. The summed E-state index contributed by atoms with van der Waals surface area (Å²) < 4.78 is 24.8. The van der Waals surface area contributed by atoms with Crippen LogP contribution in [0.15, 0.2) is 64.6 Å². The van der Waals surface area contributed by atoms with Crippen LogP contribution >= 0.6 is 12.2 Å². The molecule has 3 aromatic rings. The normalized spacial score (nSPS) is 15.1. The highest BCUT2D eigenvalue weighted by Crippen LogP contribution is 2.29. The van der Waals surface area contributed by atoms with Crippen molar-refractivity contribution in [2.24, 2.45) is 0 Å². The number of ether oxygens (including phenoxy) is 1. The smallest absolute Gasteiger partial charge is 0.337 e. The average Bonchev–Trinajstić information content (AvgIpc) is 3.25. The zero-order valence-electron chi connectivity index (χ0n) is 17.5. The number of anilines is 1. The number of carbonyl (C=O) groups is 3. The lowest BCUT2D eigenvalue weighted by Gasteiger charge is -2.28. The number of hydrogen-bond donors (Lipinski definition) is 1. The number of aryl methyl sites for hydroxylation is 1. The number of esters is 1. The van der Waals surface area contributed by atoms with Crippen LogP contribution < -0.4 is 10.2 Å². The van der Waals surface area contributed by atoms with Gasteiger partial charge in [-0.3, -0.25) is 14.9 Å². The number of amides is 2. The SMILES string of the molecule is COC(=O)c1ccc(-c2ccc(/C=C3\C(=O)NC(=S)N(c4ccccc4F)C3=O)o2)c(C)c1. The molecule has 0 unspecified atom stereocenters. The summed E-state index contributed by atoms with van der Waals surface area (Å²) in [5.41, 5.74) is 1.57. The third-order valence-electron chi connectivity index (χ3n) is 5.02. The van der Waals surface area contributed by atoms with Gasteiger partial charge in [0.1, 0.15) is 22.9 Å². The molecule has 1 aliphatic rings. The molecule has 0 saturated carbocycles. The standard InChI is InChI=1S/C24H17FN2O5S/c1-13-11-14(23(30)31-2)7-9-16(13)20-10-8-15(32-20)12-17-21(28)26-24(33)27(22(17)29)19-6-4-3-5-18(19)25/h3-12H,1-2H3,(H,26,28,33)/b17-12+. The van der Waals surface area contributed by atoms with Crippen molar-refractivity contribution < 1.29 is 27.9 Å². The van der Waals surface area contributed by atoms with Gasteiger partial charge in [0.05, 0.1) is 18.4 Å². The number of halogens is 1. The zero-order valence-corrected chi connectivity index (χ0v) is 18.4. The number of hydrogen-bond acceptors (Lipinski definition) is 6. The summed E-state index contributed by atoms with van der Waals surface area (Å²) in [5.74, 6) is -1.88. The summed E-state index contributed by atoms with van der Waals surface area (Å²) in [7, 11) is 1.31. The van der Waals surface area contributed by atoms with Crippen LogP contribution in [-0.4, -0.2) is 30.0 Å². The molecule has 1 saturated heterocycles. The number of nitrogens with zero attached hydrogens (tertiary/aromatic N) is 1. The van der Waals surface area contributed by atoms with Gasteiger partial charge in [-0.25, -0.2) is 14.1 Å². The molecule has 166 valence electrons. The second kappa shape index (κ2) is 8.79. The highest BCUT2D eigenvalue weighted by Gasteiger charge is 2.35. The van der Waals surface area contributed by atoms with E-state index in [2.05, 4.69) is 5.32 Å². The predicted octanol–water partition coefficient (Wildman–Crippen LogP) is 4.01. The summed E-state index contributed by atoms with van der Waals surface area (Å²) in [6.45, 7) is 1.81. The summed E-state index contributed by atoms with van der Waals surface area (Å²) in [6.07, 6.45) is 1.27. The molecule has 4 rings (SSSR count). The molecular formula is C24H17FN2O5S. The summed E-state index contributed by atoms with van der Waals surface area (Å²) in [5, 5.41) is 2.19. The highest BCUT2D eigenvalue weighted by atomic mass is 32.1. The first-order valence-corrected chi connectivity index (χ1v) is 10.2. The van der Waals surface area contributed by atoms with Gasteiger partial charge in [-0.05, 0) is 67.2 Å². The van der Waals surface area contributed by atoms with Crippen molar-refractivity contribution in [3.63, 3.8) is 0 Å². The monoisotopic (exact) mass is 464 g/mol. The van der Waals surface area contributed by atoms with Gasteiger partial charge in [0.15, 0.2) is 5.11 Å². The topological polar surface area (TPSA) is 88.9 Å². The predicted molar refractivity (Wildman–Crippen MR) is 123 cm³/mol. The fourth-order valence-corrected chi connectivity index (χ4v) is 3.69. The van der Waals surface area contributed by atoms with Crippen LogP contribution in [0.3, 0.4) is 0 Å². The molecule has 1 fully saturated rings. The fraction of sp³-hybridized carbons (Fsp3) is 0.0833. The number of methoxy groups -OCH3 is 1. The number of benzene rings is 2. The molecule has 9 heteroatoms. The van der Waals surface area contributed by atoms with Gasteiger partial charge in [-0.1, -0.05) is 18.2 Å². The fourth-order valence-electron chi connectivity index (χ4n) is 3.41. The van der Waals surface area contributed by atoms with Gasteiger partial charge in [0, 0.05) is 5.56 Å². The van der Waals surface area contributed by atoms with Crippen LogP contribution in [0.1, 0.15) is 21.7 Å². The number of rotatable bonds is 4. The van der Waals surface area contributed by atoms with Crippen LogP contribution in [0.25, 0.3) is 17.4 Å². The third-order valence-corrected chi connectivity index (χ3v) is 5.31. The molecule has 0 spiro atoms. The summed E-state index contributed by atoms with van der Waals surface area (Å²) in [6, 6.07) is 13.9. The van der Waals surface area contributed by atoms with Gasteiger partial charge < -0.3 is 9.15 Å². The van der Waals surface area contributed by atoms with Crippen molar-refractivity contribution in [3.05, 3.63) is 82.9 Å². The maximum absolute atomic E-state index is 14.3. The molecule has 0 bridgehead atoms. The highest BCUT2D eigenvalue weighted by molar-refractivity contribution is 7.80. The molecule has 2 aromatic carbocycles. The zero-order chi connectivity index (χ0) is 23.7. The Bertz CT molecular complexity index is 1340. The average molecular weight is 464 g/mol. The van der Waals surface area contributed by atoms with Crippen molar-refractivity contribution in [2.45, 2.75) is 6.92 Å². The second-order valence-electron chi connectivity index (χ2n) is 7.13. The minimum atomic E-state index is -0.773. The lowest BCUT2D eigenvalue weighted by molar-refractivity contribution is -0.122. The van der Waals surface area contributed by atoms with E-state index in [-0.39, 0.29) is 22.1 Å². The van der Waals surface area contributed by atoms with Crippen LogP contribution in [-0.2, 0) is 14.3 Å². The number of thiocarbonyl (C=S) groups is 1. The molecule has 1 aliphatic heterocycles. The number of carbonyl (C=O) groups excluding carboxylic acids is 3. The van der Waals surface area contributed by atoms with E-state index in [9.17, 15) is 18.8 Å². The van der Waals surface area contributed by atoms with E-state index in [1.165, 1.54) is 31.4 Å². The molecule has 2 heterocycles. The molecule has 1 aromatic heterocycles. The van der Waals surface area contributed by atoms with Gasteiger partial charge >= 0.3 is 5.97 Å². The van der Waals surface area contributed by atoms with E-state index in [0.717, 1.165) is 16.0 Å². The first-order chi connectivity index (χ1) is 15.8. The minimum absolute atomic E-state index is 0.0696. The van der Waals surface area contributed by atoms with Crippen molar-refractivity contribution in [1.82, 2.24) is 5.32 Å². The van der Waals surface area contributed by atoms with Crippen molar-refractivity contribution in [1.29, 1.82) is 0 Å². The molecule has 0 atom stereocenters. The number of para-hydroxylation sites is 1. The van der Waals surface area contributed by atoms with Crippen LogP contribution in [0.4, 0.5) is 10.1 Å². The van der Waals surface area contributed by atoms with Crippen LogP contribution in [0, 0.1) is 12.7 Å².